The van der Waals surface area contributed by atoms with Crippen LogP contribution in [0.2, 0.25) is 0 Å². The van der Waals surface area contributed by atoms with Gasteiger partial charge in [0, 0.05) is 6.42 Å². The minimum absolute atomic E-state index is 0.275. The van der Waals surface area contributed by atoms with Crippen molar-refractivity contribution < 1.29 is 9.53 Å². The summed E-state index contributed by atoms with van der Waals surface area (Å²) in [5, 5.41) is -0.334. The fourth-order valence-corrected chi connectivity index (χ4v) is 1.62. The molecule has 0 spiro atoms. The van der Waals surface area contributed by atoms with Crippen LogP contribution < -0.4 is 4.74 Å². The van der Waals surface area contributed by atoms with E-state index >= 15 is 0 Å². The third kappa shape index (κ3) is 4.23. The van der Waals surface area contributed by atoms with Crippen molar-refractivity contribution in [3.8, 4) is 5.75 Å². The zero-order valence-electron chi connectivity index (χ0n) is 9.75. The molecule has 0 heterocycles. The fraction of sp³-hybridized carbons (Fsp3) is 0.462. The maximum absolute atomic E-state index is 10.8. The monoisotopic (exact) mass is 240 g/mol. The molecule has 0 radical (unpaired) electrons. The van der Waals surface area contributed by atoms with Crippen LogP contribution in [0.1, 0.15) is 30.9 Å². The van der Waals surface area contributed by atoms with E-state index in [1.54, 1.807) is 0 Å². The normalized spacial score (nSPS) is 10.2. The molecule has 0 saturated carbocycles. The Hall–Kier alpha value is -1.02. The summed E-state index contributed by atoms with van der Waals surface area (Å²) in [5.41, 5.74) is 1.98. The first-order valence-corrected chi connectivity index (χ1v) is 5.92. The van der Waals surface area contributed by atoms with E-state index in [4.69, 9.17) is 16.3 Å². The molecule has 0 fully saturated rings. The van der Waals surface area contributed by atoms with Gasteiger partial charge in [-0.2, -0.15) is 0 Å². The molecule has 0 atom stereocenters. The highest BCUT2D eigenvalue weighted by atomic mass is 35.5. The van der Waals surface area contributed by atoms with Gasteiger partial charge in [-0.15, -0.1) is 0 Å². The van der Waals surface area contributed by atoms with Crippen molar-refractivity contribution in [3.05, 3.63) is 29.3 Å². The van der Waals surface area contributed by atoms with Gasteiger partial charge in [0.05, 0.1) is 6.61 Å². The van der Waals surface area contributed by atoms with Gasteiger partial charge in [-0.05, 0) is 42.1 Å². The van der Waals surface area contributed by atoms with Crippen molar-refractivity contribution in [2.75, 3.05) is 6.61 Å². The average Bonchev–Trinajstić information content (AvgIpc) is 2.20. The Balaban J connectivity index is 2.64. The van der Waals surface area contributed by atoms with Crippen molar-refractivity contribution in [2.24, 2.45) is 0 Å². The Morgan fingerprint density at radius 1 is 1.44 bits per heavy atom. The lowest BCUT2D eigenvalue weighted by Gasteiger charge is -2.09. The molecule has 0 aliphatic heterocycles. The van der Waals surface area contributed by atoms with Crippen LogP contribution in [0.5, 0.6) is 5.75 Å². The second-order valence-electron chi connectivity index (χ2n) is 3.83. The number of carbonyl (C=O) groups is 1. The number of rotatable bonds is 6. The lowest BCUT2D eigenvalue weighted by molar-refractivity contribution is -0.111. The molecule has 16 heavy (non-hydrogen) atoms. The average molecular weight is 241 g/mol. The molecule has 0 bridgehead atoms. The third-order valence-electron chi connectivity index (χ3n) is 2.34. The summed E-state index contributed by atoms with van der Waals surface area (Å²) in [6, 6.07) is 5.73. The molecule has 0 aromatic heterocycles. The molecule has 0 unspecified atom stereocenters. The minimum Gasteiger partial charge on any atom is -0.493 e. The Bertz CT molecular complexity index is 361. The number of aryl methyl sites for hydroxylation is 1. The summed E-state index contributed by atoms with van der Waals surface area (Å²) in [5.74, 6) is 0.888. The van der Waals surface area contributed by atoms with Crippen molar-refractivity contribution in [1.82, 2.24) is 0 Å². The van der Waals surface area contributed by atoms with Gasteiger partial charge in [-0.1, -0.05) is 25.5 Å². The predicted octanol–water partition coefficient (Wildman–Crippen LogP) is 3.48. The van der Waals surface area contributed by atoms with E-state index in [2.05, 4.69) is 6.92 Å². The molecule has 0 N–H and O–H groups in total. The van der Waals surface area contributed by atoms with Crippen LogP contribution in [-0.4, -0.2) is 11.8 Å². The molecule has 1 rings (SSSR count). The second-order valence-corrected chi connectivity index (χ2v) is 4.26. The Kier molecular flexibility index (Phi) is 5.33. The van der Waals surface area contributed by atoms with E-state index in [9.17, 15) is 4.79 Å². The van der Waals surface area contributed by atoms with Crippen LogP contribution in [-0.2, 0) is 11.2 Å². The Morgan fingerprint density at radius 2 is 2.19 bits per heavy atom. The van der Waals surface area contributed by atoms with Gasteiger partial charge in [0.1, 0.15) is 5.75 Å². The number of carbonyl (C=O) groups excluding carboxylic acids is 1. The second kappa shape index (κ2) is 6.54. The maximum atomic E-state index is 10.8. The zero-order chi connectivity index (χ0) is 12.0. The lowest BCUT2D eigenvalue weighted by atomic mass is 10.1. The minimum atomic E-state index is -0.334. The van der Waals surface area contributed by atoms with E-state index in [1.165, 1.54) is 0 Å². The topological polar surface area (TPSA) is 26.3 Å². The lowest BCUT2D eigenvalue weighted by Crippen LogP contribution is -2.00. The molecule has 0 amide bonds. The molecule has 1 aromatic rings. The van der Waals surface area contributed by atoms with Crippen LogP contribution in [0.4, 0.5) is 0 Å². The van der Waals surface area contributed by atoms with Crippen LogP contribution in [0.25, 0.3) is 0 Å². The van der Waals surface area contributed by atoms with E-state index in [0.717, 1.165) is 36.3 Å². The van der Waals surface area contributed by atoms with Crippen molar-refractivity contribution in [3.63, 3.8) is 0 Å². The zero-order valence-corrected chi connectivity index (χ0v) is 10.5. The Labute approximate surface area is 102 Å². The van der Waals surface area contributed by atoms with Crippen LogP contribution in [0.15, 0.2) is 18.2 Å². The predicted molar refractivity (Wildman–Crippen MR) is 66.1 cm³/mol. The van der Waals surface area contributed by atoms with Gasteiger partial charge in [-0.25, -0.2) is 0 Å². The fourth-order valence-electron chi connectivity index (χ4n) is 1.47. The molecular formula is C13H17ClO2. The molecule has 0 saturated heterocycles. The summed E-state index contributed by atoms with van der Waals surface area (Å²) in [6.45, 7) is 4.85. The van der Waals surface area contributed by atoms with E-state index in [-0.39, 0.29) is 11.7 Å². The number of unbranched alkanes of at least 4 members (excludes halogenated alkanes) is 1. The smallest absolute Gasteiger partial charge is 0.226 e. The summed E-state index contributed by atoms with van der Waals surface area (Å²) in [4.78, 5) is 10.8. The number of halogens is 1. The van der Waals surface area contributed by atoms with Gasteiger partial charge < -0.3 is 4.74 Å². The number of benzene rings is 1. The summed E-state index contributed by atoms with van der Waals surface area (Å²) < 4.78 is 5.62. The van der Waals surface area contributed by atoms with E-state index < -0.39 is 0 Å². The van der Waals surface area contributed by atoms with Gasteiger partial charge in [0.25, 0.3) is 0 Å². The van der Waals surface area contributed by atoms with Gasteiger partial charge in [0.2, 0.25) is 5.24 Å². The van der Waals surface area contributed by atoms with Crippen molar-refractivity contribution in [2.45, 2.75) is 33.1 Å². The molecule has 88 valence electrons. The third-order valence-corrected chi connectivity index (χ3v) is 2.47. The quantitative estimate of drug-likeness (QED) is 0.562. The maximum Gasteiger partial charge on any atom is 0.226 e. The van der Waals surface area contributed by atoms with Crippen LogP contribution >= 0.6 is 11.6 Å². The standard InChI is InChI=1S/C13H17ClO2/c1-3-4-7-16-12-6-5-11(8-10(12)2)9-13(14)15/h5-6,8H,3-4,7,9H2,1-2H3. The molecule has 2 nitrogen and oxygen atoms in total. The van der Waals surface area contributed by atoms with Gasteiger partial charge in [0.15, 0.2) is 0 Å². The highest BCUT2D eigenvalue weighted by Gasteiger charge is 2.04. The van der Waals surface area contributed by atoms with E-state index in [1.807, 2.05) is 25.1 Å². The van der Waals surface area contributed by atoms with Crippen LogP contribution in [0, 0.1) is 6.92 Å². The number of hydrogen-bond donors (Lipinski definition) is 0. The number of ether oxygens (including phenoxy) is 1. The molecule has 0 aliphatic rings. The largest absolute Gasteiger partial charge is 0.493 e. The first-order valence-electron chi connectivity index (χ1n) is 5.54. The van der Waals surface area contributed by atoms with Gasteiger partial charge in [-0.3, -0.25) is 4.79 Å². The summed E-state index contributed by atoms with van der Waals surface area (Å²) >= 11 is 5.34. The molecule has 0 aliphatic carbocycles. The first-order chi connectivity index (χ1) is 7.63. The van der Waals surface area contributed by atoms with Crippen molar-refractivity contribution in [1.29, 1.82) is 0 Å². The summed E-state index contributed by atoms with van der Waals surface area (Å²) in [7, 11) is 0. The SMILES string of the molecule is CCCCOc1ccc(CC(=O)Cl)cc1C. The molecule has 3 heteroatoms. The molecule has 1 aromatic carbocycles. The highest BCUT2D eigenvalue weighted by Crippen LogP contribution is 2.20. The molecular weight excluding hydrogens is 224 g/mol. The van der Waals surface area contributed by atoms with Crippen LogP contribution in [0.3, 0.4) is 0 Å². The first kappa shape index (κ1) is 13.0. The van der Waals surface area contributed by atoms with Crippen molar-refractivity contribution >= 4 is 16.8 Å². The Morgan fingerprint density at radius 3 is 2.75 bits per heavy atom. The van der Waals surface area contributed by atoms with Gasteiger partial charge >= 0.3 is 0 Å². The number of hydrogen-bond acceptors (Lipinski definition) is 2. The van der Waals surface area contributed by atoms with E-state index in [0.29, 0.717) is 0 Å². The summed E-state index contributed by atoms with van der Waals surface area (Å²) in [6.07, 6.45) is 2.46. The highest BCUT2D eigenvalue weighted by molar-refractivity contribution is 6.63.